The van der Waals surface area contributed by atoms with E-state index in [2.05, 4.69) is 10.3 Å². The summed E-state index contributed by atoms with van der Waals surface area (Å²) in [5.74, 6) is -0.430. The first kappa shape index (κ1) is 12.5. The topological polar surface area (TPSA) is 65.8 Å². The van der Waals surface area contributed by atoms with Crippen molar-refractivity contribution in [2.24, 2.45) is 0 Å². The van der Waals surface area contributed by atoms with Crippen LogP contribution in [-0.2, 0) is 4.79 Å². The molecular formula is C12H9N3OS2. The number of thiophene rings is 1. The van der Waals surface area contributed by atoms with Gasteiger partial charge in [0.2, 0.25) is 0 Å². The van der Waals surface area contributed by atoms with Gasteiger partial charge in [-0.25, -0.2) is 4.98 Å². The Bertz CT molecular complexity index is 620. The summed E-state index contributed by atoms with van der Waals surface area (Å²) in [5.41, 5.74) is 1.13. The molecule has 0 aliphatic carbocycles. The van der Waals surface area contributed by atoms with Gasteiger partial charge in [-0.05, 0) is 30.0 Å². The molecule has 1 N–H and O–H groups in total. The van der Waals surface area contributed by atoms with Crippen molar-refractivity contribution >= 4 is 39.8 Å². The SMILES string of the molecule is Cc1ccsc1C=C(C#N)C(=O)Nc1nccs1. The molecule has 0 atom stereocenters. The van der Waals surface area contributed by atoms with E-state index in [4.69, 9.17) is 5.26 Å². The number of hydrogen-bond acceptors (Lipinski definition) is 5. The summed E-state index contributed by atoms with van der Waals surface area (Å²) in [6, 6.07) is 3.86. The van der Waals surface area contributed by atoms with Crippen molar-refractivity contribution < 1.29 is 4.79 Å². The molecule has 6 heteroatoms. The predicted molar refractivity (Wildman–Crippen MR) is 73.4 cm³/mol. The molecule has 2 heterocycles. The van der Waals surface area contributed by atoms with E-state index in [9.17, 15) is 4.79 Å². The fraction of sp³-hybridized carbons (Fsp3) is 0.0833. The Labute approximate surface area is 112 Å². The molecule has 18 heavy (non-hydrogen) atoms. The number of aromatic nitrogens is 1. The van der Waals surface area contributed by atoms with Crippen molar-refractivity contribution in [1.29, 1.82) is 5.26 Å². The zero-order valence-electron chi connectivity index (χ0n) is 9.51. The number of nitrogens with zero attached hydrogens (tertiary/aromatic N) is 2. The minimum atomic E-state index is -0.430. The summed E-state index contributed by atoms with van der Waals surface area (Å²) < 4.78 is 0. The lowest BCUT2D eigenvalue weighted by atomic mass is 10.2. The van der Waals surface area contributed by atoms with Crippen LogP contribution in [0.5, 0.6) is 0 Å². The van der Waals surface area contributed by atoms with Gasteiger partial charge in [0.15, 0.2) is 5.13 Å². The first-order chi connectivity index (χ1) is 8.70. The number of carbonyl (C=O) groups excluding carboxylic acids is 1. The van der Waals surface area contributed by atoms with Crippen LogP contribution in [0, 0.1) is 18.3 Å². The summed E-state index contributed by atoms with van der Waals surface area (Å²) in [5, 5.41) is 15.8. The average molecular weight is 275 g/mol. The Balaban J connectivity index is 2.19. The summed E-state index contributed by atoms with van der Waals surface area (Å²) in [4.78, 5) is 16.7. The van der Waals surface area contributed by atoms with Crippen molar-refractivity contribution in [2.75, 3.05) is 5.32 Å². The fourth-order valence-corrected chi connectivity index (χ4v) is 2.64. The van der Waals surface area contributed by atoms with Gasteiger partial charge in [-0.15, -0.1) is 22.7 Å². The zero-order chi connectivity index (χ0) is 13.0. The molecule has 0 spiro atoms. The molecule has 0 saturated carbocycles. The highest BCUT2D eigenvalue weighted by atomic mass is 32.1. The van der Waals surface area contributed by atoms with Crippen LogP contribution >= 0.6 is 22.7 Å². The number of rotatable bonds is 3. The molecule has 0 aliphatic heterocycles. The highest BCUT2D eigenvalue weighted by molar-refractivity contribution is 7.13. The molecule has 0 aromatic carbocycles. The summed E-state index contributed by atoms with van der Waals surface area (Å²) in [7, 11) is 0. The van der Waals surface area contributed by atoms with E-state index in [0.717, 1.165) is 10.4 Å². The standard InChI is InChI=1S/C12H9N3OS2/c1-8-2-4-17-10(8)6-9(7-13)11(16)15-12-14-3-5-18-12/h2-6H,1H3,(H,14,15,16). The van der Waals surface area contributed by atoms with Gasteiger partial charge in [-0.3, -0.25) is 10.1 Å². The van der Waals surface area contributed by atoms with Gasteiger partial charge in [0, 0.05) is 16.5 Å². The maximum Gasteiger partial charge on any atom is 0.268 e. The molecule has 0 radical (unpaired) electrons. The Morgan fingerprint density at radius 3 is 2.89 bits per heavy atom. The van der Waals surface area contributed by atoms with Gasteiger partial charge < -0.3 is 0 Å². The molecule has 2 aromatic heterocycles. The van der Waals surface area contributed by atoms with E-state index < -0.39 is 5.91 Å². The molecule has 90 valence electrons. The third-order valence-corrected chi connectivity index (χ3v) is 3.85. The van der Waals surface area contributed by atoms with Crippen molar-refractivity contribution in [3.63, 3.8) is 0 Å². The number of amides is 1. The van der Waals surface area contributed by atoms with E-state index in [-0.39, 0.29) is 5.57 Å². The van der Waals surface area contributed by atoms with Gasteiger partial charge in [-0.2, -0.15) is 5.26 Å². The molecule has 2 aromatic rings. The minimum Gasteiger partial charge on any atom is -0.297 e. The lowest BCUT2D eigenvalue weighted by Crippen LogP contribution is -2.13. The van der Waals surface area contributed by atoms with Crippen LogP contribution in [0.4, 0.5) is 5.13 Å². The molecule has 0 bridgehead atoms. The van der Waals surface area contributed by atoms with Crippen LogP contribution in [0.3, 0.4) is 0 Å². The highest BCUT2D eigenvalue weighted by Crippen LogP contribution is 2.20. The normalized spacial score (nSPS) is 11.0. The second-order valence-corrected chi connectivity index (χ2v) is 5.27. The summed E-state index contributed by atoms with van der Waals surface area (Å²) in [6.45, 7) is 1.94. The third kappa shape index (κ3) is 2.83. The van der Waals surface area contributed by atoms with Crippen LogP contribution in [-0.4, -0.2) is 10.9 Å². The maximum atomic E-state index is 11.8. The fourth-order valence-electron chi connectivity index (χ4n) is 1.26. The molecule has 0 unspecified atom stereocenters. The van der Waals surface area contributed by atoms with E-state index in [1.165, 1.54) is 22.7 Å². The third-order valence-electron chi connectivity index (χ3n) is 2.20. The average Bonchev–Trinajstić information content (AvgIpc) is 2.98. The highest BCUT2D eigenvalue weighted by Gasteiger charge is 2.11. The monoisotopic (exact) mass is 275 g/mol. The van der Waals surface area contributed by atoms with Gasteiger partial charge in [0.05, 0.1) is 0 Å². The Kier molecular flexibility index (Phi) is 3.87. The quantitative estimate of drug-likeness (QED) is 0.691. The Morgan fingerprint density at radius 1 is 1.50 bits per heavy atom. The molecule has 0 fully saturated rings. The number of aryl methyl sites for hydroxylation is 1. The molecular weight excluding hydrogens is 266 g/mol. The summed E-state index contributed by atoms with van der Waals surface area (Å²) >= 11 is 2.81. The Morgan fingerprint density at radius 2 is 2.33 bits per heavy atom. The van der Waals surface area contributed by atoms with E-state index in [0.29, 0.717) is 5.13 Å². The maximum absolute atomic E-state index is 11.8. The number of anilines is 1. The van der Waals surface area contributed by atoms with Crippen LogP contribution in [0.1, 0.15) is 10.4 Å². The lowest BCUT2D eigenvalue weighted by molar-refractivity contribution is -0.112. The van der Waals surface area contributed by atoms with Crippen molar-refractivity contribution in [1.82, 2.24) is 4.98 Å². The first-order valence-corrected chi connectivity index (χ1v) is 6.83. The number of nitriles is 1. The molecule has 4 nitrogen and oxygen atoms in total. The number of carbonyl (C=O) groups is 1. The second kappa shape index (κ2) is 5.58. The first-order valence-electron chi connectivity index (χ1n) is 5.07. The minimum absolute atomic E-state index is 0.0794. The van der Waals surface area contributed by atoms with Crippen LogP contribution < -0.4 is 5.32 Å². The predicted octanol–water partition coefficient (Wildman–Crippen LogP) is 3.06. The number of hydrogen-bond donors (Lipinski definition) is 1. The van der Waals surface area contributed by atoms with Gasteiger partial charge in [0.25, 0.3) is 5.91 Å². The number of nitrogens with one attached hydrogen (secondary N) is 1. The molecule has 2 rings (SSSR count). The van der Waals surface area contributed by atoms with Crippen LogP contribution in [0.15, 0.2) is 28.6 Å². The van der Waals surface area contributed by atoms with Gasteiger partial charge in [-0.1, -0.05) is 0 Å². The van der Waals surface area contributed by atoms with Gasteiger partial charge >= 0.3 is 0 Å². The van der Waals surface area contributed by atoms with Crippen LogP contribution in [0.2, 0.25) is 0 Å². The molecule has 0 saturated heterocycles. The second-order valence-electron chi connectivity index (χ2n) is 3.43. The van der Waals surface area contributed by atoms with Crippen LogP contribution in [0.25, 0.3) is 6.08 Å². The summed E-state index contributed by atoms with van der Waals surface area (Å²) in [6.07, 6.45) is 3.20. The smallest absolute Gasteiger partial charge is 0.268 e. The largest absolute Gasteiger partial charge is 0.297 e. The zero-order valence-corrected chi connectivity index (χ0v) is 11.1. The Hall–Kier alpha value is -1.97. The van der Waals surface area contributed by atoms with Gasteiger partial charge in [0.1, 0.15) is 11.6 Å². The lowest BCUT2D eigenvalue weighted by Gasteiger charge is -1.99. The van der Waals surface area contributed by atoms with E-state index in [1.807, 2.05) is 24.4 Å². The molecule has 1 amide bonds. The van der Waals surface area contributed by atoms with Crippen molar-refractivity contribution in [3.05, 3.63) is 39.0 Å². The van der Waals surface area contributed by atoms with Crippen molar-refractivity contribution in [3.8, 4) is 6.07 Å². The number of thiazole rings is 1. The molecule has 0 aliphatic rings. The van der Waals surface area contributed by atoms with Crippen molar-refractivity contribution in [2.45, 2.75) is 6.92 Å². The van der Waals surface area contributed by atoms with E-state index >= 15 is 0 Å². The van der Waals surface area contributed by atoms with E-state index in [1.54, 1.807) is 17.7 Å².